The summed E-state index contributed by atoms with van der Waals surface area (Å²) in [5.74, 6) is 0.632. The Bertz CT molecular complexity index is 1020. The van der Waals surface area contributed by atoms with Crippen LogP contribution in [0, 0.1) is 0 Å². The molecule has 24 heavy (non-hydrogen) atoms. The number of nitrogens with zero attached hydrogens (tertiary/aromatic N) is 5. The van der Waals surface area contributed by atoms with Gasteiger partial charge in [0, 0.05) is 36.6 Å². The highest BCUT2D eigenvalue weighted by molar-refractivity contribution is 8.16. The lowest BCUT2D eigenvalue weighted by Crippen LogP contribution is -2.08. The highest BCUT2D eigenvalue weighted by Crippen LogP contribution is 2.34. The van der Waals surface area contributed by atoms with Crippen LogP contribution in [0.25, 0.3) is 22.3 Å². The Morgan fingerprint density at radius 1 is 1.17 bits per heavy atom. The fourth-order valence-corrected chi connectivity index (χ4v) is 3.53. The van der Waals surface area contributed by atoms with E-state index in [1.54, 1.807) is 13.2 Å². The van der Waals surface area contributed by atoms with E-state index in [0.29, 0.717) is 5.82 Å². The number of fused-ring (bicyclic) bond motifs is 2. The first kappa shape index (κ1) is 14.7. The fourth-order valence-electron chi connectivity index (χ4n) is 2.64. The van der Waals surface area contributed by atoms with Gasteiger partial charge in [-0.25, -0.2) is 9.97 Å². The van der Waals surface area contributed by atoms with Crippen LogP contribution < -0.4 is 0 Å². The topological polar surface area (TPSA) is 63.4 Å². The molecule has 0 amide bonds. The molecule has 6 heteroatoms. The lowest BCUT2D eigenvalue weighted by Gasteiger charge is -2.06. The minimum absolute atomic E-state index is 0.632. The van der Waals surface area contributed by atoms with E-state index in [0.717, 1.165) is 37.8 Å². The molecule has 0 spiro atoms. The molecular weight excluding hydrogens is 318 g/mol. The number of thioether (sulfide) groups is 1. The quantitative estimate of drug-likeness (QED) is 0.717. The number of para-hydroxylation sites is 1. The first-order chi connectivity index (χ1) is 11.8. The zero-order chi connectivity index (χ0) is 16.5. The molecule has 0 fully saturated rings. The summed E-state index contributed by atoms with van der Waals surface area (Å²) < 4.78 is 0. The van der Waals surface area contributed by atoms with Crippen molar-refractivity contribution >= 4 is 33.4 Å². The molecule has 0 radical (unpaired) electrons. The van der Waals surface area contributed by atoms with E-state index < -0.39 is 0 Å². The molecule has 2 aromatic heterocycles. The summed E-state index contributed by atoms with van der Waals surface area (Å²) in [5.41, 5.74) is 3.32. The van der Waals surface area contributed by atoms with E-state index in [1.807, 2.05) is 36.5 Å². The number of hydrogen-bond acceptors (Lipinski definition) is 6. The SMILES string of the molecule is C=CN=C1C(=NC)Sc2cnc(-c3cccc4cccnc34)nc21. The molecule has 0 aliphatic carbocycles. The highest BCUT2D eigenvalue weighted by atomic mass is 32.2. The molecule has 1 aromatic carbocycles. The van der Waals surface area contributed by atoms with Gasteiger partial charge in [0.2, 0.25) is 0 Å². The Kier molecular flexibility index (Phi) is 3.66. The van der Waals surface area contributed by atoms with Crippen LogP contribution in [-0.2, 0) is 0 Å². The number of hydrogen-bond donors (Lipinski definition) is 0. The van der Waals surface area contributed by atoms with Crippen molar-refractivity contribution in [3.63, 3.8) is 0 Å². The van der Waals surface area contributed by atoms with E-state index in [-0.39, 0.29) is 0 Å². The third-order valence-corrected chi connectivity index (χ3v) is 4.77. The summed E-state index contributed by atoms with van der Waals surface area (Å²) in [6, 6.07) is 9.95. The lowest BCUT2D eigenvalue weighted by molar-refractivity contribution is 1.10. The Morgan fingerprint density at radius 2 is 2.04 bits per heavy atom. The third-order valence-electron chi connectivity index (χ3n) is 3.69. The molecule has 3 aromatic rings. The van der Waals surface area contributed by atoms with E-state index >= 15 is 0 Å². The Balaban J connectivity index is 1.92. The lowest BCUT2D eigenvalue weighted by atomic mass is 10.1. The fraction of sp³-hybridized carbons (Fsp3) is 0.0556. The average Bonchev–Trinajstić information content (AvgIpc) is 2.98. The van der Waals surface area contributed by atoms with E-state index in [4.69, 9.17) is 4.98 Å². The molecule has 0 bridgehead atoms. The van der Waals surface area contributed by atoms with Gasteiger partial charge in [0.05, 0.1) is 10.4 Å². The van der Waals surface area contributed by atoms with Gasteiger partial charge in [-0.3, -0.25) is 15.0 Å². The molecule has 4 rings (SSSR count). The molecule has 0 N–H and O–H groups in total. The highest BCUT2D eigenvalue weighted by Gasteiger charge is 2.27. The minimum Gasteiger partial charge on any atom is -0.279 e. The summed E-state index contributed by atoms with van der Waals surface area (Å²) in [4.78, 5) is 23.3. The molecule has 1 aliphatic heterocycles. The molecule has 5 nitrogen and oxygen atoms in total. The van der Waals surface area contributed by atoms with Crippen LogP contribution >= 0.6 is 11.8 Å². The predicted octanol–water partition coefficient (Wildman–Crippen LogP) is 3.76. The van der Waals surface area contributed by atoms with E-state index in [2.05, 4.69) is 26.5 Å². The monoisotopic (exact) mass is 331 g/mol. The van der Waals surface area contributed by atoms with Gasteiger partial charge in [0.1, 0.15) is 16.4 Å². The average molecular weight is 331 g/mol. The molecule has 116 valence electrons. The second-order valence-corrected chi connectivity index (χ2v) is 6.11. The van der Waals surface area contributed by atoms with Gasteiger partial charge < -0.3 is 0 Å². The third kappa shape index (κ3) is 2.32. The van der Waals surface area contributed by atoms with Crippen molar-refractivity contribution in [2.45, 2.75) is 4.90 Å². The normalized spacial score (nSPS) is 16.7. The second-order valence-electron chi connectivity index (χ2n) is 5.08. The van der Waals surface area contributed by atoms with Gasteiger partial charge in [-0.15, -0.1) is 0 Å². The Labute approximate surface area is 143 Å². The molecule has 0 saturated heterocycles. The molecule has 0 atom stereocenters. The van der Waals surface area contributed by atoms with Crippen molar-refractivity contribution in [1.82, 2.24) is 15.0 Å². The van der Waals surface area contributed by atoms with Crippen molar-refractivity contribution in [3.8, 4) is 11.4 Å². The van der Waals surface area contributed by atoms with Gasteiger partial charge in [-0.2, -0.15) is 0 Å². The van der Waals surface area contributed by atoms with Crippen molar-refractivity contribution in [2.75, 3.05) is 7.05 Å². The maximum atomic E-state index is 4.74. The summed E-state index contributed by atoms with van der Waals surface area (Å²) in [7, 11) is 1.75. The zero-order valence-corrected chi connectivity index (χ0v) is 13.8. The predicted molar refractivity (Wildman–Crippen MR) is 98.7 cm³/mol. The van der Waals surface area contributed by atoms with Gasteiger partial charge in [-0.1, -0.05) is 36.5 Å². The van der Waals surface area contributed by atoms with Crippen LogP contribution in [-0.4, -0.2) is 32.8 Å². The van der Waals surface area contributed by atoms with Crippen molar-refractivity contribution < 1.29 is 0 Å². The maximum Gasteiger partial charge on any atom is 0.162 e. The Hall–Kier alpha value is -2.86. The van der Waals surface area contributed by atoms with Crippen LogP contribution in [0.3, 0.4) is 0 Å². The number of rotatable bonds is 2. The van der Waals surface area contributed by atoms with Crippen LogP contribution in [0.1, 0.15) is 5.69 Å². The number of benzene rings is 1. The van der Waals surface area contributed by atoms with Crippen LogP contribution in [0.4, 0.5) is 0 Å². The van der Waals surface area contributed by atoms with Crippen molar-refractivity contribution in [3.05, 3.63) is 61.2 Å². The molecular formula is C18H13N5S. The first-order valence-electron chi connectivity index (χ1n) is 7.37. The van der Waals surface area contributed by atoms with Crippen LogP contribution in [0.15, 0.2) is 70.4 Å². The first-order valence-corrected chi connectivity index (χ1v) is 8.18. The number of aromatic nitrogens is 3. The van der Waals surface area contributed by atoms with Crippen LogP contribution in [0.5, 0.6) is 0 Å². The van der Waals surface area contributed by atoms with Gasteiger partial charge in [0.25, 0.3) is 0 Å². The van der Waals surface area contributed by atoms with E-state index in [9.17, 15) is 0 Å². The maximum absolute atomic E-state index is 4.74. The van der Waals surface area contributed by atoms with Gasteiger partial charge in [0.15, 0.2) is 5.82 Å². The molecule has 3 heterocycles. The molecule has 1 aliphatic rings. The van der Waals surface area contributed by atoms with Crippen molar-refractivity contribution in [1.29, 1.82) is 0 Å². The van der Waals surface area contributed by atoms with Gasteiger partial charge in [-0.05, 0) is 12.1 Å². The zero-order valence-electron chi connectivity index (χ0n) is 13.0. The van der Waals surface area contributed by atoms with Crippen molar-refractivity contribution in [2.24, 2.45) is 9.98 Å². The van der Waals surface area contributed by atoms with Gasteiger partial charge >= 0.3 is 0 Å². The Morgan fingerprint density at radius 3 is 2.88 bits per heavy atom. The molecule has 0 saturated carbocycles. The molecule has 0 unspecified atom stereocenters. The summed E-state index contributed by atoms with van der Waals surface area (Å²) in [6.45, 7) is 3.68. The second kappa shape index (κ2) is 5.98. The number of pyridine rings is 1. The summed E-state index contributed by atoms with van der Waals surface area (Å²) >= 11 is 1.52. The summed E-state index contributed by atoms with van der Waals surface area (Å²) in [5, 5.41) is 1.89. The minimum atomic E-state index is 0.632. The number of aliphatic imine (C=N–C) groups is 2. The van der Waals surface area contributed by atoms with E-state index in [1.165, 1.54) is 18.0 Å². The summed E-state index contributed by atoms with van der Waals surface area (Å²) in [6.07, 6.45) is 5.11. The van der Waals surface area contributed by atoms with Crippen LogP contribution in [0.2, 0.25) is 0 Å². The smallest absolute Gasteiger partial charge is 0.162 e. The standard InChI is InChI=1S/C18H13N5S/c1-3-20-16-15-13(24-18(16)19-2)10-22-17(23-15)12-8-4-6-11-7-5-9-21-14(11)12/h3-10H,1H2,2H3. The largest absolute Gasteiger partial charge is 0.279 e.